The molecule has 0 amide bonds. The Hall–Kier alpha value is -0.780. The average Bonchev–Trinajstić information content (AvgIpc) is 2.38. The number of benzene rings is 1. The molecular weight excluding hydrogens is 348 g/mol. The summed E-state index contributed by atoms with van der Waals surface area (Å²) in [5.74, 6) is 1.45. The first kappa shape index (κ1) is 14.6. The van der Waals surface area contributed by atoms with E-state index in [9.17, 15) is 0 Å². The molecule has 0 radical (unpaired) electrons. The van der Waals surface area contributed by atoms with E-state index in [1.165, 1.54) is 0 Å². The minimum Gasteiger partial charge on any atom is -0.490 e. The smallest absolute Gasteiger partial charge is 0.187 e. The summed E-state index contributed by atoms with van der Waals surface area (Å²) >= 11 is 11.1. The van der Waals surface area contributed by atoms with Gasteiger partial charge in [-0.05, 0) is 46.6 Å². The molecule has 0 aliphatic heterocycles. The topological polar surface area (TPSA) is 35.0 Å². The second kappa shape index (κ2) is 7.12. The van der Waals surface area contributed by atoms with Crippen molar-refractivity contribution in [2.45, 2.75) is 12.1 Å². The van der Waals surface area contributed by atoms with Crippen LogP contribution in [0.2, 0.25) is 5.02 Å². The van der Waals surface area contributed by atoms with Crippen LogP contribution in [0.15, 0.2) is 40.2 Å². The summed E-state index contributed by atoms with van der Waals surface area (Å²) in [4.78, 5) is 8.26. The second-order valence-electron chi connectivity index (χ2n) is 3.79. The summed E-state index contributed by atoms with van der Waals surface area (Å²) < 4.78 is 6.56. The van der Waals surface area contributed by atoms with Crippen molar-refractivity contribution in [2.75, 3.05) is 12.4 Å². The van der Waals surface area contributed by atoms with Gasteiger partial charge in [-0.15, -0.1) is 0 Å². The lowest BCUT2D eigenvalue weighted by Gasteiger charge is -2.10. The molecule has 1 aromatic heterocycles. The fourth-order valence-corrected chi connectivity index (χ4v) is 3.21. The standard InChI is InChI=1S/C13H12BrClN2OS/c1-9-7-10(14)12(11(15)8-9)18-5-6-19-13-16-3-2-4-17-13/h2-4,7-8H,5-6H2,1H3. The number of nitrogens with zero attached hydrogens (tertiary/aromatic N) is 2. The Balaban J connectivity index is 1.86. The predicted molar refractivity (Wildman–Crippen MR) is 82.1 cm³/mol. The number of halogens is 2. The first-order valence-electron chi connectivity index (χ1n) is 5.65. The van der Waals surface area contributed by atoms with Crippen molar-refractivity contribution < 1.29 is 4.74 Å². The highest BCUT2D eigenvalue weighted by Gasteiger charge is 2.08. The fourth-order valence-electron chi connectivity index (χ4n) is 1.46. The van der Waals surface area contributed by atoms with Crippen LogP contribution in [0.4, 0.5) is 0 Å². The third-order valence-electron chi connectivity index (χ3n) is 2.25. The minimum absolute atomic E-state index is 0.546. The Kier molecular flexibility index (Phi) is 5.48. The SMILES string of the molecule is Cc1cc(Cl)c(OCCSc2ncccn2)c(Br)c1. The number of ether oxygens (including phenoxy) is 1. The summed E-state index contributed by atoms with van der Waals surface area (Å²) in [5, 5.41) is 1.37. The molecule has 0 bridgehead atoms. The van der Waals surface area contributed by atoms with Gasteiger partial charge in [0.1, 0.15) is 0 Å². The van der Waals surface area contributed by atoms with Crippen LogP contribution in [0.25, 0.3) is 0 Å². The lowest BCUT2D eigenvalue weighted by atomic mass is 10.2. The molecule has 0 spiro atoms. The molecule has 2 rings (SSSR count). The van der Waals surface area contributed by atoms with Crippen molar-refractivity contribution in [3.05, 3.63) is 45.7 Å². The molecule has 100 valence electrons. The maximum Gasteiger partial charge on any atom is 0.187 e. The van der Waals surface area contributed by atoms with Crippen LogP contribution in [0, 0.1) is 6.92 Å². The lowest BCUT2D eigenvalue weighted by Crippen LogP contribution is -2.02. The van der Waals surface area contributed by atoms with Crippen molar-refractivity contribution in [3.8, 4) is 5.75 Å². The van der Waals surface area contributed by atoms with Crippen molar-refractivity contribution in [1.29, 1.82) is 0 Å². The number of aryl methyl sites for hydroxylation is 1. The van der Waals surface area contributed by atoms with E-state index in [0.717, 1.165) is 20.9 Å². The Morgan fingerprint density at radius 1 is 1.32 bits per heavy atom. The van der Waals surface area contributed by atoms with Gasteiger partial charge in [0.05, 0.1) is 16.1 Å². The molecule has 0 unspecified atom stereocenters. The van der Waals surface area contributed by atoms with Crippen LogP contribution < -0.4 is 4.74 Å². The fraction of sp³-hybridized carbons (Fsp3) is 0.231. The van der Waals surface area contributed by atoms with Gasteiger partial charge in [0.2, 0.25) is 0 Å². The van der Waals surface area contributed by atoms with Gasteiger partial charge in [0.25, 0.3) is 0 Å². The molecule has 1 aromatic carbocycles. The van der Waals surface area contributed by atoms with Gasteiger partial charge in [0.15, 0.2) is 10.9 Å². The summed E-state index contributed by atoms with van der Waals surface area (Å²) in [5.41, 5.74) is 1.09. The molecule has 0 aliphatic rings. The molecule has 0 saturated heterocycles. The van der Waals surface area contributed by atoms with E-state index in [1.54, 1.807) is 30.2 Å². The van der Waals surface area contributed by atoms with Crippen LogP contribution >= 0.6 is 39.3 Å². The van der Waals surface area contributed by atoms with E-state index in [-0.39, 0.29) is 0 Å². The molecule has 19 heavy (non-hydrogen) atoms. The van der Waals surface area contributed by atoms with Gasteiger partial charge < -0.3 is 4.74 Å². The Morgan fingerprint density at radius 2 is 2.05 bits per heavy atom. The normalized spacial score (nSPS) is 10.5. The summed E-state index contributed by atoms with van der Waals surface area (Å²) in [7, 11) is 0. The maximum atomic E-state index is 6.14. The number of hydrogen-bond acceptors (Lipinski definition) is 4. The molecular formula is C13H12BrClN2OS. The molecule has 0 aliphatic carbocycles. The molecule has 0 saturated carbocycles. The minimum atomic E-state index is 0.546. The monoisotopic (exact) mass is 358 g/mol. The van der Waals surface area contributed by atoms with E-state index in [0.29, 0.717) is 17.4 Å². The predicted octanol–water partition coefficient (Wildman–Crippen LogP) is 4.37. The van der Waals surface area contributed by atoms with Crippen molar-refractivity contribution in [3.63, 3.8) is 0 Å². The number of thioether (sulfide) groups is 1. The maximum absolute atomic E-state index is 6.14. The van der Waals surface area contributed by atoms with Gasteiger partial charge in [-0.1, -0.05) is 23.4 Å². The highest BCUT2D eigenvalue weighted by atomic mass is 79.9. The van der Waals surface area contributed by atoms with Gasteiger partial charge in [-0.2, -0.15) is 0 Å². The Labute approximate surface area is 129 Å². The van der Waals surface area contributed by atoms with Crippen LogP contribution in [0.3, 0.4) is 0 Å². The van der Waals surface area contributed by atoms with Gasteiger partial charge in [-0.3, -0.25) is 0 Å². The molecule has 0 N–H and O–H groups in total. The number of rotatable bonds is 5. The summed E-state index contributed by atoms with van der Waals surface area (Å²) in [6.07, 6.45) is 3.45. The zero-order valence-electron chi connectivity index (χ0n) is 10.3. The third-order valence-corrected chi connectivity index (χ3v) is 3.96. The van der Waals surface area contributed by atoms with Crippen LogP contribution in [-0.4, -0.2) is 22.3 Å². The molecule has 0 atom stereocenters. The highest BCUT2D eigenvalue weighted by molar-refractivity contribution is 9.10. The van der Waals surface area contributed by atoms with Gasteiger partial charge >= 0.3 is 0 Å². The zero-order chi connectivity index (χ0) is 13.7. The van der Waals surface area contributed by atoms with E-state index in [2.05, 4.69) is 25.9 Å². The number of hydrogen-bond donors (Lipinski definition) is 0. The quantitative estimate of drug-likeness (QED) is 0.451. The van der Waals surface area contributed by atoms with E-state index < -0.39 is 0 Å². The molecule has 6 heteroatoms. The number of aromatic nitrogens is 2. The van der Waals surface area contributed by atoms with Crippen LogP contribution in [-0.2, 0) is 0 Å². The van der Waals surface area contributed by atoms with Crippen molar-refractivity contribution in [1.82, 2.24) is 9.97 Å². The largest absolute Gasteiger partial charge is 0.490 e. The van der Waals surface area contributed by atoms with Crippen LogP contribution in [0.1, 0.15) is 5.56 Å². The highest BCUT2D eigenvalue weighted by Crippen LogP contribution is 2.34. The van der Waals surface area contributed by atoms with Gasteiger partial charge in [0, 0.05) is 18.1 Å². The van der Waals surface area contributed by atoms with E-state index in [1.807, 2.05) is 19.1 Å². The summed E-state index contributed by atoms with van der Waals surface area (Å²) in [6, 6.07) is 5.66. The van der Waals surface area contributed by atoms with E-state index >= 15 is 0 Å². The zero-order valence-corrected chi connectivity index (χ0v) is 13.4. The molecule has 1 heterocycles. The summed E-state index contributed by atoms with van der Waals surface area (Å²) in [6.45, 7) is 2.54. The van der Waals surface area contributed by atoms with Crippen molar-refractivity contribution in [2.24, 2.45) is 0 Å². The van der Waals surface area contributed by atoms with Gasteiger partial charge in [-0.25, -0.2) is 9.97 Å². The average molecular weight is 360 g/mol. The van der Waals surface area contributed by atoms with Crippen LogP contribution in [0.5, 0.6) is 5.75 Å². The second-order valence-corrected chi connectivity index (χ2v) is 6.11. The molecule has 3 nitrogen and oxygen atoms in total. The first-order valence-corrected chi connectivity index (χ1v) is 7.81. The van der Waals surface area contributed by atoms with E-state index in [4.69, 9.17) is 16.3 Å². The first-order chi connectivity index (χ1) is 9.16. The molecule has 0 fully saturated rings. The lowest BCUT2D eigenvalue weighted by molar-refractivity contribution is 0.342. The third kappa shape index (κ3) is 4.37. The Bertz CT molecular complexity index is 531. The van der Waals surface area contributed by atoms with Crippen molar-refractivity contribution >= 4 is 39.3 Å². The molecule has 2 aromatic rings. The Morgan fingerprint density at radius 3 is 2.74 bits per heavy atom.